The molecule has 1 heterocycles. The molecule has 1 aromatic carbocycles. The second-order valence-electron chi connectivity index (χ2n) is 4.38. The molecule has 4 nitrogen and oxygen atoms in total. The van der Waals surface area contributed by atoms with Gasteiger partial charge >= 0.3 is 0 Å². The number of anilines is 1. The number of benzene rings is 1. The van der Waals surface area contributed by atoms with Gasteiger partial charge in [-0.2, -0.15) is 17.0 Å². The average molecular weight is 272 g/mol. The highest BCUT2D eigenvalue weighted by Gasteiger charge is 2.12. The van der Waals surface area contributed by atoms with E-state index in [9.17, 15) is 5.26 Å². The molecule has 0 saturated carbocycles. The van der Waals surface area contributed by atoms with Crippen molar-refractivity contribution >= 4 is 28.4 Å². The summed E-state index contributed by atoms with van der Waals surface area (Å²) in [5.41, 5.74) is 1.96. The second-order valence-corrected chi connectivity index (χ2v) is 5.37. The van der Waals surface area contributed by atoms with Crippen LogP contribution in [0.5, 0.6) is 0 Å². The summed E-state index contributed by atoms with van der Waals surface area (Å²) in [4.78, 5) is 0. The summed E-state index contributed by atoms with van der Waals surface area (Å²) in [5, 5.41) is 21.6. The molecule has 0 aliphatic carbocycles. The third kappa shape index (κ3) is 3.15. The fourth-order valence-corrected chi connectivity index (χ4v) is 2.48. The first-order valence-corrected chi connectivity index (χ1v) is 7.56. The molecule has 1 unspecified atom stereocenters. The van der Waals surface area contributed by atoms with E-state index in [2.05, 4.69) is 34.8 Å². The molecular formula is C14H16N4S. The smallest absolute Gasteiger partial charge is 0.186 e. The number of hydrogen-bond donors (Lipinski definition) is 1. The number of fused-ring (bicyclic) bond motifs is 1. The lowest BCUT2D eigenvalue weighted by Crippen LogP contribution is -2.17. The lowest BCUT2D eigenvalue weighted by atomic mass is 10.1. The van der Waals surface area contributed by atoms with E-state index in [1.807, 2.05) is 36.0 Å². The van der Waals surface area contributed by atoms with Gasteiger partial charge in [-0.15, -0.1) is 10.2 Å². The maximum Gasteiger partial charge on any atom is 0.186 e. The van der Waals surface area contributed by atoms with E-state index in [1.165, 1.54) is 0 Å². The van der Waals surface area contributed by atoms with Gasteiger partial charge in [0.2, 0.25) is 0 Å². The van der Waals surface area contributed by atoms with Crippen LogP contribution in [-0.4, -0.2) is 28.2 Å². The van der Waals surface area contributed by atoms with Gasteiger partial charge in [0, 0.05) is 11.4 Å². The van der Waals surface area contributed by atoms with Crippen molar-refractivity contribution in [2.45, 2.75) is 19.4 Å². The number of nitrogens with zero attached hydrogens (tertiary/aromatic N) is 3. The number of nitriles is 1. The first-order valence-electron chi connectivity index (χ1n) is 6.17. The highest BCUT2D eigenvalue weighted by molar-refractivity contribution is 7.98. The SMILES string of the molecule is CSCCC(C)Nc1c(C#N)nnc2ccccc12. The third-order valence-corrected chi connectivity index (χ3v) is 3.56. The number of rotatable bonds is 5. The third-order valence-electron chi connectivity index (χ3n) is 2.92. The Morgan fingerprint density at radius 1 is 1.37 bits per heavy atom. The quantitative estimate of drug-likeness (QED) is 0.906. The number of hydrogen-bond acceptors (Lipinski definition) is 5. The lowest BCUT2D eigenvalue weighted by molar-refractivity contribution is 0.771. The van der Waals surface area contributed by atoms with E-state index in [4.69, 9.17) is 0 Å². The van der Waals surface area contributed by atoms with E-state index in [0.717, 1.165) is 28.8 Å². The van der Waals surface area contributed by atoms with E-state index in [1.54, 1.807) is 0 Å². The molecule has 0 fully saturated rings. The Hall–Kier alpha value is -1.80. The molecule has 0 amide bonds. The summed E-state index contributed by atoms with van der Waals surface area (Å²) in [6.45, 7) is 2.12. The van der Waals surface area contributed by atoms with Crippen LogP contribution < -0.4 is 5.32 Å². The zero-order chi connectivity index (χ0) is 13.7. The normalized spacial score (nSPS) is 12.1. The molecule has 1 atom stereocenters. The first kappa shape index (κ1) is 13.6. The van der Waals surface area contributed by atoms with Crippen LogP contribution in [0.4, 0.5) is 5.69 Å². The maximum atomic E-state index is 9.17. The highest BCUT2D eigenvalue weighted by Crippen LogP contribution is 2.24. The fourth-order valence-electron chi connectivity index (χ4n) is 1.89. The molecule has 2 aromatic rings. The van der Waals surface area contributed by atoms with Crippen LogP contribution in [-0.2, 0) is 0 Å². The van der Waals surface area contributed by atoms with Crippen molar-refractivity contribution in [2.24, 2.45) is 0 Å². The van der Waals surface area contributed by atoms with Crippen molar-refractivity contribution in [3.8, 4) is 6.07 Å². The molecule has 0 radical (unpaired) electrons. The Morgan fingerprint density at radius 2 is 2.16 bits per heavy atom. The molecule has 0 aliphatic heterocycles. The predicted molar refractivity (Wildman–Crippen MR) is 80.3 cm³/mol. The predicted octanol–water partition coefficient (Wildman–Crippen LogP) is 3.05. The van der Waals surface area contributed by atoms with E-state index >= 15 is 0 Å². The molecule has 0 bridgehead atoms. The van der Waals surface area contributed by atoms with Crippen LogP contribution in [0.1, 0.15) is 19.0 Å². The minimum atomic E-state index is 0.298. The van der Waals surface area contributed by atoms with Crippen molar-refractivity contribution < 1.29 is 0 Å². The van der Waals surface area contributed by atoms with E-state index < -0.39 is 0 Å². The van der Waals surface area contributed by atoms with Gasteiger partial charge in [-0.3, -0.25) is 0 Å². The zero-order valence-electron chi connectivity index (χ0n) is 11.1. The summed E-state index contributed by atoms with van der Waals surface area (Å²) >= 11 is 1.82. The number of aromatic nitrogens is 2. The fraction of sp³-hybridized carbons (Fsp3) is 0.357. The van der Waals surface area contributed by atoms with Crippen LogP contribution in [0.2, 0.25) is 0 Å². The molecule has 1 aromatic heterocycles. The van der Waals surface area contributed by atoms with Crippen LogP contribution in [0, 0.1) is 11.3 Å². The lowest BCUT2D eigenvalue weighted by Gasteiger charge is -2.16. The summed E-state index contributed by atoms with van der Waals surface area (Å²) in [7, 11) is 0. The van der Waals surface area contributed by atoms with Gasteiger partial charge in [0.25, 0.3) is 0 Å². The molecule has 0 spiro atoms. The van der Waals surface area contributed by atoms with Crippen LogP contribution in [0.3, 0.4) is 0 Å². The van der Waals surface area contributed by atoms with E-state index in [0.29, 0.717) is 11.7 Å². The first-order chi connectivity index (χ1) is 9.26. The molecule has 98 valence electrons. The summed E-state index contributed by atoms with van der Waals surface area (Å²) in [6.07, 6.45) is 3.14. The molecule has 19 heavy (non-hydrogen) atoms. The van der Waals surface area contributed by atoms with Crippen LogP contribution in [0.15, 0.2) is 24.3 Å². The molecule has 5 heteroatoms. The van der Waals surface area contributed by atoms with E-state index in [-0.39, 0.29) is 0 Å². The Morgan fingerprint density at radius 3 is 2.89 bits per heavy atom. The summed E-state index contributed by atoms with van der Waals surface area (Å²) in [6, 6.07) is 10.1. The van der Waals surface area contributed by atoms with Crippen molar-refractivity contribution in [1.29, 1.82) is 5.26 Å². The summed E-state index contributed by atoms with van der Waals surface area (Å²) in [5.74, 6) is 1.09. The van der Waals surface area contributed by atoms with Crippen molar-refractivity contribution in [2.75, 3.05) is 17.3 Å². The van der Waals surface area contributed by atoms with Gasteiger partial charge in [0.05, 0.1) is 11.2 Å². The largest absolute Gasteiger partial charge is 0.380 e. The minimum Gasteiger partial charge on any atom is -0.380 e. The van der Waals surface area contributed by atoms with Gasteiger partial charge in [0.1, 0.15) is 6.07 Å². The Kier molecular flexibility index (Phi) is 4.58. The van der Waals surface area contributed by atoms with Gasteiger partial charge in [-0.1, -0.05) is 18.2 Å². The average Bonchev–Trinajstić information content (AvgIpc) is 2.45. The topological polar surface area (TPSA) is 61.6 Å². The molecular weight excluding hydrogens is 256 g/mol. The Bertz CT molecular complexity index is 606. The highest BCUT2D eigenvalue weighted by atomic mass is 32.2. The number of nitrogens with one attached hydrogen (secondary N) is 1. The zero-order valence-corrected chi connectivity index (χ0v) is 11.9. The Balaban J connectivity index is 2.37. The molecule has 0 saturated heterocycles. The maximum absolute atomic E-state index is 9.17. The summed E-state index contributed by atoms with van der Waals surface area (Å²) < 4.78 is 0. The van der Waals surface area contributed by atoms with Gasteiger partial charge < -0.3 is 5.32 Å². The monoisotopic (exact) mass is 272 g/mol. The van der Waals surface area contributed by atoms with Crippen molar-refractivity contribution in [1.82, 2.24) is 10.2 Å². The Labute approximate surface area is 117 Å². The minimum absolute atomic E-state index is 0.298. The van der Waals surface area contributed by atoms with Gasteiger partial charge in [-0.25, -0.2) is 0 Å². The van der Waals surface area contributed by atoms with Crippen LogP contribution >= 0.6 is 11.8 Å². The van der Waals surface area contributed by atoms with Gasteiger partial charge in [-0.05, 0) is 31.4 Å². The number of thioether (sulfide) groups is 1. The van der Waals surface area contributed by atoms with Gasteiger partial charge in [0.15, 0.2) is 5.69 Å². The standard InChI is InChI=1S/C14H16N4S/c1-10(7-8-19-2)16-14-11-5-3-4-6-12(11)17-18-13(14)9-15/h3-6,10H,7-8H2,1-2H3,(H,16,17). The molecule has 2 rings (SSSR count). The van der Waals surface area contributed by atoms with Crippen molar-refractivity contribution in [3.63, 3.8) is 0 Å². The second kappa shape index (κ2) is 6.39. The molecule has 1 N–H and O–H groups in total. The molecule has 0 aliphatic rings. The van der Waals surface area contributed by atoms with Crippen molar-refractivity contribution in [3.05, 3.63) is 30.0 Å². The van der Waals surface area contributed by atoms with Crippen LogP contribution in [0.25, 0.3) is 10.9 Å².